The van der Waals surface area contributed by atoms with Crippen molar-refractivity contribution in [2.75, 3.05) is 19.7 Å². The summed E-state index contributed by atoms with van der Waals surface area (Å²) in [6.07, 6.45) is 2.60. The summed E-state index contributed by atoms with van der Waals surface area (Å²) in [5.41, 5.74) is 1.64. The summed E-state index contributed by atoms with van der Waals surface area (Å²) in [5, 5.41) is 0. The van der Waals surface area contributed by atoms with Crippen molar-refractivity contribution in [2.45, 2.75) is 25.8 Å². The number of carbonyl (C=O) groups excluding carboxylic acids is 1. The van der Waals surface area contributed by atoms with Crippen molar-refractivity contribution in [1.82, 2.24) is 14.0 Å². The number of ether oxygens (including phenoxy) is 1. The van der Waals surface area contributed by atoms with Crippen LogP contribution in [0.25, 0.3) is 0 Å². The predicted octanol–water partition coefficient (Wildman–Crippen LogP) is 0.880. The van der Waals surface area contributed by atoms with Crippen LogP contribution in [-0.2, 0) is 18.4 Å². The Morgan fingerprint density at radius 2 is 2.04 bits per heavy atom. The zero-order chi connectivity index (χ0) is 19.1. The van der Waals surface area contributed by atoms with Gasteiger partial charge in [-0.25, -0.2) is 0 Å². The van der Waals surface area contributed by atoms with Crippen molar-refractivity contribution in [3.63, 3.8) is 0 Å². The first-order chi connectivity index (χ1) is 12.9. The van der Waals surface area contributed by atoms with Crippen LogP contribution in [0.4, 0.5) is 0 Å². The average Bonchev–Trinajstić information content (AvgIpc) is 2.64. The van der Waals surface area contributed by atoms with E-state index in [0.717, 1.165) is 17.8 Å². The Hall–Kier alpha value is -2.83. The van der Waals surface area contributed by atoms with E-state index >= 15 is 0 Å². The normalized spacial score (nSPS) is 20.9. The van der Waals surface area contributed by atoms with E-state index in [2.05, 4.69) is 0 Å². The van der Waals surface area contributed by atoms with Crippen molar-refractivity contribution in [3.05, 3.63) is 62.4 Å². The van der Waals surface area contributed by atoms with Gasteiger partial charge in [-0.3, -0.25) is 14.4 Å². The minimum Gasteiger partial charge on any atom is -0.478 e. The van der Waals surface area contributed by atoms with Gasteiger partial charge in [0.25, 0.3) is 11.5 Å². The SMILES string of the molecule is Cc1cc(=O)c(OCC(=O)N2C[C@H]3C[C@@H](C2)c2cccc(=O)n2C3)cn1C. The number of aryl methyl sites for hydroxylation is 2. The maximum absolute atomic E-state index is 12.7. The number of hydrogen-bond donors (Lipinski definition) is 0. The van der Waals surface area contributed by atoms with Crippen molar-refractivity contribution in [3.8, 4) is 5.75 Å². The summed E-state index contributed by atoms with van der Waals surface area (Å²) in [6.45, 7) is 3.53. The highest BCUT2D eigenvalue weighted by Gasteiger charge is 2.36. The van der Waals surface area contributed by atoms with Gasteiger partial charge in [-0.15, -0.1) is 0 Å². The van der Waals surface area contributed by atoms with Gasteiger partial charge < -0.3 is 18.8 Å². The molecule has 7 nitrogen and oxygen atoms in total. The maximum Gasteiger partial charge on any atom is 0.260 e. The maximum atomic E-state index is 12.7. The summed E-state index contributed by atoms with van der Waals surface area (Å²) in [6, 6.07) is 6.84. The topological polar surface area (TPSA) is 73.5 Å². The Bertz CT molecular complexity index is 1010. The summed E-state index contributed by atoms with van der Waals surface area (Å²) in [7, 11) is 1.83. The molecule has 0 saturated carbocycles. The Labute approximate surface area is 156 Å². The molecule has 0 spiro atoms. The van der Waals surface area contributed by atoms with Gasteiger partial charge in [0.05, 0.1) is 0 Å². The Balaban J connectivity index is 1.46. The van der Waals surface area contributed by atoms with Gasteiger partial charge >= 0.3 is 0 Å². The third-order valence-corrected chi connectivity index (χ3v) is 5.63. The molecule has 2 aromatic rings. The Morgan fingerprint density at radius 3 is 2.85 bits per heavy atom. The highest BCUT2D eigenvalue weighted by Crippen LogP contribution is 2.34. The van der Waals surface area contributed by atoms with E-state index in [1.54, 1.807) is 27.8 Å². The van der Waals surface area contributed by atoms with Gasteiger partial charge in [-0.2, -0.15) is 0 Å². The van der Waals surface area contributed by atoms with E-state index in [-0.39, 0.29) is 41.1 Å². The predicted molar refractivity (Wildman–Crippen MR) is 100 cm³/mol. The van der Waals surface area contributed by atoms with Crippen LogP contribution in [0.1, 0.15) is 23.7 Å². The molecule has 27 heavy (non-hydrogen) atoms. The van der Waals surface area contributed by atoms with Crippen LogP contribution in [-0.4, -0.2) is 39.6 Å². The summed E-state index contributed by atoms with van der Waals surface area (Å²) >= 11 is 0. The molecule has 2 aromatic heterocycles. The van der Waals surface area contributed by atoms with Crippen LogP contribution < -0.4 is 15.7 Å². The Morgan fingerprint density at radius 1 is 1.22 bits per heavy atom. The molecular weight excluding hydrogens is 346 g/mol. The standard InChI is InChI=1S/C20H23N3O4/c1-13-6-17(24)18(11-21(13)2)27-12-20(26)22-8-14-7-15(10-22)16-4-3-5-19(25)23(16)9-14/h3-6,11,14-15H,7-10,12H2,1-2H3/t14-,15+/m1/s1. The fraction of sp³-hybridized carbons (Fsp3) is 0.450. The van der Waals surface area contributed by atoms with Gasteiger partial charge in [0.2, 0.25) is 5.43 Å². The molecule has 7 heteroatoms. The number of amides is 1. The third-order valence-electron chi connectivity index (χ3n) is 5.63. The minimum absolute atomic E-state index is 0.0283. The smallest absolute Gasteiger partial charge is 0.260 e. The molecule has 0 unspecified atom stereocenters. The van der Waals surface area contributed by atoms with Crippen LogP contribution in [0.5, 0.6) is 5.75 Å². The minimum atomic E-state index is -0.220. The molecule has 2 aliphatic rings. The van der Waals surface area contributed by atoms with E-state index in [1.807, 2.05) is 24.6 Å². The molecule has 2 atom stereocenters. The highest BCUT2D eigenvalue weighted by molar-refractivity contribution is 5.78. The number of rotatable bonds is 3. The first-order valence-corrected chi connectivity index (χ1v) is 9.20. The van der Waals surface area contributed by atoms with Gasteiger partial charge in [0.15, 0.2) is 12.4 Å². The molecule has 4 rings (SSSR count). The molecule has 1 amide bonds. The monoisotopic (exact) mass is 369 g/mol. The Kier molecular flexibility index (Phi) is 4.37. The number of carbonyl (C=O) groups is 1. The molecule has 0 aliphatic carbocycles. The zero-order valence-corrected chi connectivity index (χ0v) is 15.6. The van der Waals surface area contributed by atoms with Crippen molar-refractivity contribution in [1.29, 1.82) is 0 Å². The number of nitrogens with zero attached hydrogens (tertiary/aromatic N) is 3. The van der Waals surface area contributed by atoms with E-state index in [4.69, 9.17) is 4.74 Å². The second-order valence-corrected chi connectivity index (χ2v) is 7.54. The molecular formula is C20H23N3O4. The fourth-order valence-electron chi connectivity index (χ4n) is 4.14. The molecule has 2 aliphatic heterocycles. The van der Waals surface area contributed by atoms with Crippen molar-refractivity contribution in [2.24, 2.45) is 13.0 Å². The summed E-state index contributed by atoms with van der Waals surface area (Å²) in [5.74, 6) is 0.500. The third kappa shape index (κ3) is 3.29. The lowest BCUT2D eigenvalue weighted by Gasteiger charge is -2.42. The second kappa shape index (κ2) is 6.72. The van der Waals surface area contributed by atoms with Crippen LogP contribution in [0.3, 0.4) is 0 Å². The fourth-order valence-corrected chi connectivity index (χ4v) is 4.14. The van der Waals surface area contributed by atoms with Crippen LogP contribution >= 0.6 is 0 Å². The average molecular weight is 369 g/mol. The van der Waals surface area contributed by atoms with Crippen LogP contribution in [0.15, 0.2) is 40.1 Å². The number of pyridine rings is 2. The lowest BCUT2D eigenvalue weighted by Crippen LogP contribution is -2.50. The zero-order valence-electron chi connectivity index (χ0n) is 15.6. The summed E-state index contributed by atoms with van der Waals surface area (Å²) in [4.78, 5) is 38.6. The largest absolute Gasteiger partial charge is 0.478 e. The molecule has 0 N–H and O–H groups in total. The van der Waals surface area contributed by atoms with E-state index in [1.165, 1.54) is 6.07 Å². The molecule has 142 valence electrons. The molecule has 1 fully saturated rings. The van der Waals surface area contributed by atoms with Gasteiger partial charge in [-0.05, 0) is 25.3 Å². The lowest BCUT2D eigenvalue weighted by molar-refractivity contribution is -0.136. The van der Waals surface area contributed by atoms with E-state index < -0.39 is 0 Å². The highest BCUT2D eigenvalue weighted by atomic mass is 16.5. The molecule has 2 bridgehead atoms. The molecule has 4 heterocycles. The molecule has 0 radical (unpaired) electrons. The van der Waals surface area contributed by atoms with Crippen molar-refractivity contribution >= 4 is 5.91 Å². The number of aromatic nitrogens is 2. The van der Waals surface area contributed by atoms with Crippen LogP contribution in [0.2, 0.25) is 0 Å². The summed E-state index contributed by atoms with van der Waals surface area (Å²) < 4.78 is 9.15. The molecule has 1 saturated heterocycles. The van der Waals surface area contributed by atoms with Gasteiger partial charge in [0, 0.05) is 62.3 Å². The number of fused-ring (bicyclic) bond motifs is 4. The van der Waals surface area contributed by atoms with Gasteiger partial charge in [-0.1, -0.05) is 6.07 Å². The first-order valence-electron chi connectivity index (χ1n) is 9.20. The van der Waals surface area contributed by atoms with Crippen molar-refractivity contribution < 1.29 is 9.53 Å². The number of likely N-dealkylation sites (tertiary alicyclic amines) is 1. The van der Waals surface area contributed by atoms with Gasteiger partial charge in [0.1, 0.15) is 0 Å². The quantitative estimate of drug-likeness (QED) is 0.805. The molecule has 0 aromatic carbocycles. The van der Waals surface area contributed by atoms with Crippen LogP contribution in [0, 0.1) is 12.8 Å². The first kappa shape index (κ1) is 17.6. The number of piperidine rings is 1. The van der Waals surface area contributed by atoms with E-state index in [0.29, 0.717) is 19.6 Å². The number of hydrogen-bond acceptors (Lipinski definition) is 4. The second-order valence-electron chi connectivity index (χ2n) is 7.54. The lowest BCUT2D eigenvalue weighted by atomic mass is 9.83. The van der Waals surface area contributed by atoms with E-state index in [9.17, 15) is 14.4 Å².